The minimum absolute atomic E-state index is 0.163. The fraction of sp³-hybridized carbons (Fsp3) is 0.455. The molecule has 1 aliphatic rings. The zero-order valence-corrected chi connectivity index (χ0v) is 9.87. The molecule has 16 heavy (non-hydrogen) atoms. The third-order valence-corrected chi connectivity index (χ3v) is 2.95. The summed E-state index contributed by atoms with van der Waals surface area (Å²) in [5.74, 6) is 0.797. The number of rotatable bonds is 3. The van der Waals surface area contributed by atoms with E-state index in [0.29, 0.717) is 16.8 Å². The van der Waals surface area contributed by atoms with E-state index in [1.54, 1.807) is 24.1 Å². The Kier molecular flexibility index (Phi) is 3.01. The first-order chi connectivity index (χ1) is 7.58. The van der Waals surface area contributed by atoms with Crippen LogP contribution in [0.2, 0.25) is 5.02 Å². The second kappa shape index (κ2) is 4.29. The highest BCUT2D eigenvalue weighted by Gasteiger charge is 2.26. The highest BCUT2D eigenvalue weighted by molar-refractivity contribution is 6.33. The van der Waals surface area contributed by atoms with Crippen LogP contribution in [0.4, 0.5) is 5.82 Å². The van der Waals surface area contributed by atoms with Gasteiger partial charge in [0.05, 0.1) is 5.02 Å². The van der Waals surface area contributed by atoms with E-state index in [1.807, 2.05) is 0 Å². The van der Waals surface area contributed by atoms with Gasteiger partial charge < -0.3 is 10.6 Å². The molecule has 1 amide bonds. The highest BCUT2D eigenvalue weighted by atomic mass is 35.5. The fourth-order valence-electron chi connectivity index (χ4n) is 1.56. The second-order valence-electron chi connectivity index (χ2n) is 4.20. The summed E-state index contributed by atoms with van der Waals surface area (Å²) >= 11 is 5.92. The lowest BCUT2D eigenvalue weighted by atomic mass is 10.3. The van der Waals surface area contributed by atoms with E-state index in [4.69, 9.17) is 17.3 Å². The van der Waals surface area contributed by atoms with Crippen molar-refractivity contribution in [2.24, 2.45) is 5.92 Å². The first kappa shape index (κ1) is 11.2. The molecule has 2 rings (SSSR count). The van der Waals surface area contributed by atoms with Crippen LogP contribution in [0.5, 0.6) is 0 Å². The molecule has 0 unspecified atom stereocenters. The Labute approximate surface area is 99.4 Å². The molecule has 1 aromatic rings. The van der Waals surface area contributed by atoms with Crippen molar-refractivity contribution >= 4 is 23.3 Å². The third-order valence-electron chi connectivity index (χ3n) is 2.65. The van der Waals surface area contributed by atoms with Crippen LogP contribution in [0, 0.1) is 5.92 Å². The number of hydrogen-bond donors (Lipinski definition) is 1. The highest BCUT2D eigenvalue weighted by Crippen LogP contribution is 2.30. The van der Waals surface area contributed by atoms with Gasteiger partial charge in [0, 0.05) is 13.6 Å². The van der Waals surface area contributed by atoms with Gasteiger partial charge >= 0.3 is 0 Å². The Balaban J connectivity index is 2.14. The molecule has 5 heteroatoms. The van der Waals surface area contributed by atoms with E-state index in [1.165, 1.54) is 12.8 Å². The molecular weight excluding hydrogens is 226 g/mol. The van der Waals surface area contributed by atoms with Gasteiger partial charge in [-0.1, -0.05) is 11.6 Å². The molecule has 0 bridgehead atoms. The van der Waals surface area contributed by atoms with Crippen molar-refractivity contribution < 1.29 is 4.79 Å². The van der Waals surface area contributed by atoms with Crippen LogP contribution in [0.15, 0.2) is 12.1 Å². The van der Waals surface area contributed by atoms with Gasteiger partial charge in [0.2, 0.25) is 0 Å². The van der Waals surface area contributed by atoms with Crippen LogP contribution in [-0.2, 0) is 0 Å². The monoisotopic (exact) mass is 239 g/mol. The zero-order valence-electron chi connectivity index (χ0n) is 9.11. The van der Waals surface area contributed by atoms with Gasteiger partial charge in [-0.05, 0) is 30.9 Å². The lowest BCUT2D eigenvalue weighted by molar-refractivity contribution is 0.0783. The van der Waals surface area contributed by atoms with Gasteiger partial charge in [-0.15, -0.1) is 0 Å². The number of amides is 1. The molecular formula is C11H14ClN3O. The number of hydrogen-bond acceptors (Lipinski definition) is 3. The minimum atomic E-state index is -0.163. The quantitative estimate of drug-likeness (QED) is 0.875. The lowest BCUT2D eigenvalue weighted by Crippen LogP contribution is -2.29. The molecule has 86 valence electrons. The first-order valence-electron chi connectivity index (χ1n) is 5.25. The fourth-order valence-corrected chi connectivity index (χ4v) is 1.74. The zero-order chi connectivity index (χ0) is 11.7. The molecule has 0 aromatic carbocycles. The maximum Gasteiger partial charge on any atom is 0.273 e. The molecule has 1 aliphatic carbocycles. The van der Waals surface area contributed by atoms with Gasteiger partial charge in [0.15, 0.2) is 0 Å². The van der Waals surface area contributed by atoms with Crippen LogP contribution >= 0.6 is 11.6 Å². The summed E-state index contributed by atoms with van der Waals surface area (Å²) in [4.78, 5) is 17.6. The number of pyridine rings is 1. The maximum absolute atomic E-state index is 12.0. The van der Waals surface area contributed by atoms with Crippen LogP contribution < -0.4 is 5.73 Å². The number of carbonyl (C=O) groups excluding carboxylic acids is 1. The largest absolute Gasteiger partial charge is 0.384 e. The molecule has 0 saturated heterocycles. The predicted octanol–water partition coefficient (Wildman–Crippen LogP) is 1.80. The van der Waals surface area contributed by atoms with Gasteiger partial charge in [-0.3, -0.25) is 4.79 Å². The van der Waals surface area contributed by atoms with Gasteiger partial charge in [-0.2, -0.15) is 0 Å². The van der Waals surface area contributed by atoms with Crippen LogP contribution in [0.1, 0.15) is 23.3 Å². The number of halogens is 1. The summed E-state index contributed by atoms with van der Waals surface area (Å²) in [6.45, 7) is 0.769. The van der Waals surface area contributed by atoms with Gasteiger partial charge in [0.25, 0.3) is 5.91 Å². The average molecular weight is 240 g/mol. The normalized spacial score (nSPS) is 14.9. The summed E-state index contributed by atoms with van der Waals surface area (Å²) < 4.78 is 0. The van der Waals surface area contributed by atoms with Crippen molar-refractivity contribution in [3.8, 4) is 0 Å². The van der Waals surface area contributed by atoms with Gasteiger partial charge in [0.1, 0.15) is 11.5 Å². The molecule has 0 radical (unpaired) electrons. The molecule has 0 atom stereocenters. The van der Waals surface area contributed by atoms with Crippen LogP contribution in [0.3, 0.4) is 0 Å². The predicted molar refractivity (Wildman–Crippen MR) is 63.3 cm³/mol. The summed E-state index contributed by atoms with van der Waals surface area (Å²) in [6, 6.07) is 3.18. The van der Waals surface area contributed by atoms with Crippen LogP contribution in [0.25, 0.3) is 0 Å². The topological polar surface area (TPSA) is 59.2 Å². The summed E-state index contributed by atoms with van der Waals surface area (Å²) in [7, 11) is 1.77. The number of carbonyl (C=O) groups is 1. The molecule has 1 aromatic heterocycles. The van der Waals surface area contributed by atoms with Crippen molar-refractivity contribution in [1.29, 1.82) is 0 Å². The van der Waals surface area contributed by atoms with Crippen molar-refractivity contribution in [1.82, 2.24) is 9.88 Å². The van der Waals surface area contributed by atoms with Crippen molar-refractivity contribution in [3.05, 3.63) is 22.8 Å². The van der Waals surface area contributed by atoms with Crippen LogP contribution in [-0.4, -0.2) is 29.4 Å². The Morgan fingerprint density at radius 3 is 2.94 bits per heavy atom. The molecule has 0 spiro atoms. The smallest absolute Gasteiger partial charge is 0.273 e. The SMILES string of the molecule is CN(CC1CC1)C(=O)c1nc(N)ccc1Cl. The van der Waals surface area contributed by atoms with E-state index in [0.717, 1.165) is 6.54 Å². The van der Waals surface area contributed by atoms with E-state index in [9.17, 15) is 4.79 Å². The molecule has 0 aliphatic heterocycles. The number of nitrogens with two attached hydrogens (primary N) is 1. The van der Waals surface area contributed by atoms with E-state index in [2.05, 4.69) is 4.98 Å². The maximum atomic E-state index is 12.0. The molecule has 1 fully saturated rings. The number of aromatic nitrogens is 1. The van der Waals surface area contributed by atoms with Crippen molar-refractivity contribution in [2.75, 3.05) is 19.3 Å². The average Bonchev–Trinajstić information content (AvgIpc) is 3.04. The Morgan fingerprint density at radius 2 is 2.31 bits per heavy atom. The minimum Gasteiger partial charge on any atom is -0.384 e. The Bertz CT molecular complexity index is 418. The molecule has 1 saturated carbocycles. The molecule has 1 heterocycles. The standard InChI is InChI=1S/C11H14ClN3O/c1-15(6-7-2-3-7)11(16)10-8(12)4-5-9(13)14-10/h4-5,7H,2-3,6H2,1H3,(H2,13,14). The number of nitrogen functional groups attached to an aromatic ring is 1. The van der Waals surface area contributed by atoms with Crippen molar-refractivity contribution in [3.63, 3.8) is 0 Å². The van der Waals surface area contributed by atoms with Crippen molar-refractivity contribution in [2.45, 2.75) is 12.8 Å². The summed E-state index contributed by atoms with van der Waals surface area (Å²) in [6.07, 6.45) is 2.41. The van der Waals surface area contributed by atoms with Gasteiger partial charge in [-0.25, -0.2) is 4.98 Å². The van der Waals surface area contributed by atoms with E-state index >= 15 is 0 Å². The summed E-state index contributed by atoms with van der Waals surface area (Å²) in [5.41, 5.74) is 5.78. The Hall–Kier alpha value is -1.29. The number of anilines is 1. The third kappa shape index (κ3) is 2.44. The molecule has 4 nitrogen and oxygen atoms in total. The van der Waals surface area contributed by atoms with E-state index in [-0.39, 0.29) is 11.6 Å². The first-order valence-corrected chi connectivity index (χ1v) is 5.63. The Morgan fingerprint density at radius 1 is 1.62 bits per heavy atom. The van der Waals surface area contributed by atoms with E-state index < -0.39 is 0 Å². The number of nitrogens with zero attached hydrogens (tertiary/aromatic N) is 2. The molecule has 2 N–H and O–H groups in total. The second-order valence-corrected chi connectivity index (χ2v) is 4.60. The lowest BCUT2D eigenvalue weighted by Gasteiger charge is -2.16. The summed E-state index contributed by atoms with van der Waals surface area (Å²) in [5, 5.41) is 0.349.